The van der Waals surface area contributed by atoms with Crippen LogP contribution in [0.25, 0.3) is 16.9 Å². The van der Waals surface area contributed by atoms with Crippen LogP contribution in [0.1, 0.15) is 0 Å². The largest absolute Gasteiger partial charge is 0.368 e. The molecule has 0 aliphatic heterocycles. The van der Waals surface area contributed by atoms with Gasteiger partial charge in [-0.15, -0.1) is 5.10 Å². The highest BCUT2D eigenvalue weighted by Gasteiger charge is 2.10. The third-order valence-electron chi connectivity index (χ3n) is 2.38. The van der Waals surface area contributed by atoms with E-state index in [1.165, 1.54) is 0 Å². The molecule has 0 unspecified atom stereocenters. The summed E-state index contributed by atoms with van der Waals surface area (Å²) in [6.45, 7) is 0. The molecule has 84 valence electrons. The van der Waals surface area contributed by atoms with Gasteiger partial charge >= 0.3 is 0 Å². The smallest absolute Gasteiger partial charge is 0.222 e. The molecule has 3 aromatic rings. The highest BCUT2D eigenvalue weighted by Crippen LogP contribution is 2.26. The summed E-state index contributed by atoms with van der Waals surface area (Å²) in [5.74, 6) is 0.286. The number of nitrogens with two attached hydrogens (primary N) is 1. The lowest BCUT2D eigenvalue weighted by Crippen LogP contribution is -1.97. The number of para-hydroxylation sites is 1. The van der Waals surface area contributed by atoms with Gasteiger partial charge in [0.1, 0.15) is 5.69 Å². The summed E-state index contributed by atoms with van der Waals surface area (Å²) in [4.78, 5) is 0. The van der Waals surface area contributed by atoms with Gasteiger partial charge in [-0.25, -0.2) is 4.68 Å². The summed E-state index contributed by atoms with van der Waals surface area (Å²) in [5, 5.41) is 11.6. The molecule has 6 nitrogen and oxygen atoms in total. The zero-order chi connectivity index (χ0) is 11.7. The van der Waals surface area contributed by atoms with Crippen molar-refractivity contribution in [3.8, 4) is 16.9 Å². The van der Waals surface area contributed by atoms with E-state index in [9.17, 15) is 0 Å². The molecule has 0 spiro atoms. The van der Waals surface area contributed by atoms with E-state index >= 15 is 0 Å². The van der Waals surface area contributed by atoms with Crippen LogP contribution >= 0.6 is 0 Å². The van der Waals surface area contributed by atoms with Gasteiger partial charge in [0, 0.05) is 11.6 Å². The summed E-state index contributed by atoms with van der Waals surface area (Å²) < 4.78 is 6.54. The minimum atomic E-state index is 0.286. The Labute approximate surface area is 96.6 Å². The van der Waals surface area contributed by atoms with Crippen molar-refractivity contribution >= 4 is 5.88 Å². The van der Waals surface area contributed by atoms with Crippen molar-refractivity contribution < 1.29 is 4.52 Å². The molecular weight excluding hydrogens is 218 g/mol. The number of rotatable bonds is 2. The Kier molecular flexibility index (Phi) is 2.11. The Morgan fingerprint density at radius 2 is 2.12 bits per heavy atom. The minimum Gasteiger partial charge on any atom is -0.368 e. The molecule has 0 aliphatic carbocycles. The normalized spacial score (nSPS) is 10.6. The third-order valence-corrected chi connectivity index (χ3v) is 2.38. The van der Waals surface area contributed by atoms with E-state index in [2.05, 4.69) is 15.5 Å². The zero-order valence-electron chi connectivity index (χ0n) is 8.82. The summed E-state index contributed by atoms with van der Waals surface area (Å²) in [6, 6.07) is 9.36. The number of nitrogens with zero attached hydrogens (tertiary/aromatic N) is 4. The monoisotopic (exact) mass is 227 g/mol. The van der Waals surface area contributed by atoms with Gasteiger partial charge in [-0.3, -0.25) is 0 Å². The molecule has 2 heterocycles. The molecule has 2 aromatic heterocycles. The maximum Gasteiger partial charge on any atom is 0.222 e. The molecule has 0 radical (unpaired) electrons. The average molecular weight is 227 g/mol. The third kappa shape index (κ3) is 1.65. The van der Waals surface area contributed by atoms with Crippen molar-refractivity contribution in [3.63, 3.8) is 0 Å². The van der Waals surface area contributed by atoms with Crippen LogP contribution in [-0.2, 0) is 0 Å². The maximum absolute atomic E-state index is 5.52. The second-order valence-electron chi connectivity index (χ2n) is 3.48. The Balaban J connectivity index is 2.17. The molecule has 17 heavy (non-hydrogen) atoms. The van der Waals surface area contributed by atoms with E-state index in [0.29, 0.717) is 5.69 Å². The number of aromatic nitrogens is 4. The number of anilines is 1. The molecule has 0 saturated heterocycles. The Morgan fingerprint density at radius 3 is 2.82 bits per heavy atom. The molecule has 6 heteroatoms. The lowest BCUT2D eigenvalue weighted by molar-refractivity contribution is 0.439. The summed E-state index contributed by atoms with van der Waals surface area (Å²) >= 11 is 0. The molecule has 2 N–H and O–H groups in total. The predicted octanol–water partition coefficient (Wildman–Crippen LogP) is 1.50. The van der Waals surface area contributed by atoms with Crippen LogP contribution in [0, 0.1) is 0 Å². The van der Waals surface area contributed by atoms with E-state index < -0.39 is 0 Å². The van der Waals surface area contributed by atoms with Gasteiger partial charge < -0.3 is 10.3 Å². The zero-order valence-corrected chi connectivity index (χ0v) is 8.82. The molecule has 0 amide bonds. The molecule has 0 bridgehead atoms. The van der Waals surface area contributed by atoms with Crippen LogP contribution in [0.5, 0.6) is 0 Å². The van der Waals surface area contributed by atoms with Crippen molar-refractivity contribution in [3.05, 3.63) is 42.7 Å². The van der Waals surface area contributed by atoms with Gasteiger partial charge in [-0.05, 0) is 6.07 Å². The van der Waals surface area contributed by atoms with Crippen LogP contribution in [0.4, 0.5) is 5.88 Å². The van der Waals surface area contributed by atoms with Crippen molar-refractivity contribution in [2.24, 2.45) is 0 Å². The first-order valence-corrected chi connectivity index (χ1v) is 5.03. The summed E-state index contributed by atoms with van der Waals surface area (Å²) in [7, 11) is 0. The standard InChI is InChI=1S/C11H9N5O/c12-11-7-9(14-17-11)8-3-1-2-4-10(8)16-6-5-13-15-16/h1-7H,12H2. The average Bonchev–Trinajstić information content (AvgIpc) is 3.00. The maximum atomic E-state index is 5.52. The van der Waals surface area contributed by atoms with E-state index in [1.807, 2.05) is 24.3 Å². The Morgan fingerprint density at radius 1 is 1.24 bits per heavy atom. The van der Waals surface area contributed by atoms with Gasteiger partial charge in [-0.1, -0.05) is 28.6 Å². The van der Waals surface area contributed by atoms with Gasteiger partial charge in [0.2, 0.25) is 5.88 Å². The SMILES string of the molecule is Nc1cc(-c2ccccc2-n2ccnn2)no1. The van der Waals surface area contributed by atoms with Crippen LogP contribution in [-0.4, -0.2) is 20.2 Å². The van der Waals surface area contributed by atoms with Gasteiger partial charge in [0.15, 0.2) is 0 Å². The second-order valence-corrected chi connectivity index (χ2v) is 3.48. The number of nitrogen functional groups attached to an aromatic ring is 1. The fourth-order valence-electron chi connectivity index (χ4n) is 1.64. The highest BCUT2D eigenvalue weighted by atomic mass is 16.5. The van der Waals surface area contributed by atoms with Gasteiger partial charge in [-0.2, -0.15) is 0 Å². The first kappa shape index (κ1) is 9.59. The molecule has 0 saturated carbocycles. The molecule has 0 aliphatic rings. The topological polar surface area (TPSA) is 82.8 Å². The fourth-order valence-corrected chi connectivity index (χ4v) is 1.64. The molecule has 0 atom stereocenters. The lowest BCUT2D eigenvalue weighted by Gasteiger charge is -2.05. The number of hydrogen-bond donors (Lipinski definition) is 1. The van der Waals surface area contributed by atoms with Crippen molar-refractivity contribution in [2.75, 3.05) is 5.73 Å². The van der Waals surface area contributed by atoms with Crippen molar-refractivity contribution in [1.29, 1.82) is 0 Å². The van der Waals surface area contributed by atoms with Crippen LogP contribution in [0.2, 0.25) is 0 Å². The Hall–Kier alpha value is -2.63. The highest BCUT2D eigenvalue weighted by molar-refractivity contribution is 5.70. The Bertz CT molecular complexity index is 629. The van der Waals surface area contributed by atoms with Crippen molar-refractivity contribution in [2.45, 2.75) is 0 Å². The quantitative estimate of drug-likeness (QED) is 0.717. The molecule has 1 aromatic carbocycles. The first-order chi connectivity index (χ1) is 8.34. The van der Waals surface area contributed by atoms with Crippen LogP contribution < -0.4 is 5.73 Å². The van der Waals surface area contributed by atoms with E-state index in [0.717, 1.165) is 11.3 Å². The van der Waals surface area contributed by atoms with Crippen molar-refractivity contribution in [1.82, 2.24) is 20.2 Å². The van der Waals surface area contributed by atoms with E-state index in [-0.39, 0.29) is 5.88 Å². The van der Waals surface area contributed by atoms with Gasteiger partial charge in [0.05, 0.1) is 18.1 Å². The van der Waals surface area contributed by atoms with E-state index in [4.69, 9.17) is 10.3 Å². The van der Waals surface area contributed by atoms with Crippen LogP contribution in [0.15, 0.2) is 47.2 Å². The lowest BCUT2D eigenvalue weighted by atomic mass is 10.1. The van der Waals surface area contributed by atoms with E-state index in [1.54, 1.807) is 23.1 Å². The molecular formula is C11H9N5O. The summed E-state index contributed by atoms with van der Waals surface area (Å²) in [6.07, 6.45) is 3.39. The molecule has 0 fully saturated rings. The first-order valence-electron chi connectivity index (χ1n) is 5.03. The second kappa shape index (κ2) is 3.75. The van der Waals surface area contributed by atoms with Gasteiger partial charge in [0.25, 0.3) is 0 Å². The number of benzene rings is 1. The van der Waals surface area contributed by atoms with Crippen LogP contribution in [0.3, 0.4) is 0 Å². The fraction of sp³-hybridized carbons (Fsp3) is 0. The minimum absolute atomic E-state index is 0.286. The predicted molar refractivity (Wildman–Crippen MR) is 61.3 cm³/mol. The summed E-state index contributed by atoms with van der Waals surface area (Å²) in [5.41, 5.74) is 7.96. The number of hydrogen-bond acceptors (Lipinski definition) is 5. The molecule has 3 rings (SSSR count).